The Hall–Kier alpha value is -6.66. The normalized spacial score (nSPS) is 24.6. The van der Waals surface area contributed by atoms with Crippen LogP contribution >= 0.6 is 0 Å². The molecule has 2 aliphatic carbocycles. The third-order valence-corrected chi connectivity index (χ3v) is 14.4. The van der Waals surface area contributed by atoms with E-state index in [0.29, 0.717) is 37.9 Å². The standard InChI is InChI=1S/C49H50N8O7/c1-24(2)40(55-49(62)63-3)46(58)56-36-20-30(36)22-38(56)44-50-34-12-8-28-18-25(6-10-32(28)42(34)52-44)4-5-26-7-11-33-29(19-26)9-13-35-43(33)53-45(51-35)39-23-31-21-37(31)57(39)47(59)41(54-48(60)61)27-14-16-64-17-15-27/h6-13,18-19,24,27,30-31,36-41,54H,14-17,20-23H2,1-3H3,(H,50,52)(H,51,53)(H,55,62)(H,60,61)/t30-,31-,36-,37-,38+,39+,40+,41+/m1/s1. The van der Waals surface area contributed by atoms with E-state index >= 15 is 0 Å². The van der Waals surface area contributed by atoms with Crippen molar-refractivity contribution in [2.24, 2.45) is 23.7 Å². The van der Waals surface area contributed by atoms with Gasteiger partial charge in [0.25, 0.3) is 0 Å². The number of carbonyl (C=O) groups is 4. The summed E-state index contributed by atoms with van der Waals surface area (Å²) in [5.41, 5.74) is 5.19. The summed E-state index contributed by atoms with van der Waals surface area (Å²) >= 11 is 0. The van der Waals surface area contributed by atoms with Gasteiger partial charge in [-0.25, -0.2) is 19.6 Å². The van der Waals surface area contributed by atoms with Crippen LogP contribution in [-0.2, 0) is 19.1 Å². The van der Waals surface area contributed by atoms with Gasteiger partial charge in [0.2, 0.25) is 11.8 Å². The number of hydrogen-bond donors (Lipinski definition) is 5. The lowest BCUT2D eigenvalue weighted by atomic mass is 9.90. The molecular formula is C49H50N8O7. The summed E-state index contributed by atoms with van der Waals surface area (Å²) in [5, 5.41) is 19.0. The van der Waals surface area contributed by atoms with Crippen molar-refractivity contribution in [2.45, 2.75) is 88.6 Å². The van der Waals surface area contributed by atoms with Crippen LogP contribution in [0.3, 0.4) is 0 Å². The highest BCUT2D eigenvalue weighted by molar-refractivity contribution is 6.06. The molecule has 11 rings (SSSR count). The lowest BCUT2D eigenvalue weighted by Gasteiger charge is -2.35. The van der Waals surface area contributed by atoms with E-state index in [-0.39, 0.29) is 47.8 Å². The first kappa shape index (κ1) is 40.1. The fourth-order valence-electron chi connectivity index (χ4n) is 10.9. The fourth-order valence-corrected chi connectivity index (χ4v) is 10.9. The molecule has 0 spiro atoms. The van der Waals surface area contributed by atoms with E-state index < -0.39 is 24.3 Å². The maximum atomic E-state index is 14.2. The number of benzene rings is 4. The van der Waals surface area contributed by atoms with E-state index in [1.54, 1.807) is 0 Å². The number of H-pyrrole nitrogens is 2. The molecule has 15 nitrogen and oxygen atoms in total. The average Bonchev–Trinajstić information content (AvgIpc) is 3.94. The van der Waals surface area contributed by atoms with Crippen molar-refractivity contribution in [1.82, 2.24) is 40.4 Å². The summed E-state index contributed by atoms with van der Waals surface area (Å²) in [4.78, 5) is 73.1. The third kappa shape index (κ3) is 7.04. The van der Waals surface area contributed by atoms with Crippen LogP contribution < -0.4 is 10.6 Å². The lowest BCUT2D eigenvalue weighted by Crippen LogP contribution is -2.53. The largest absolute Gasteiger partial charge is 0.465 e. The van der Waals surface area contributed by atoms with E-state index in [2.05, 4.69) is 62.8 Å². The van der Waals surface area contributed by atoms with Crippen molar-refractivity contribution in [1.29, 1.82) is 0 Å². The average molecular weight is 863 g/mol. The van der Waals surface area contributed by atoms with Crippen molar-refractivity contribution in [3.8, 4) is 11.8 Å². The number of hydrogen-bond acceptors (Lipinski definition) is 8. The molecule has 0 bridgehead atoms. The predicted octanol–water partition coefficient (Wildman–Crippen LogP) is 6.91. The number of piperidine rings is 2. The van der Waals surface area contributed by atoms with Crippen molar-refractivity contribution < 1.29 is 33.8 Å². The van der Waals surface area contributed by atoms with E-state index in [1.165, 1.54) is 7.11 Å². The maximum absolute atomic E-state index is 14.2. The number of ether oxygens (including phenoxy) is 2. The summed E-state index contributed by atoms with van der Waals surface area (Å²) in [6, 6.07) is 18.7. The molecule has 4 aromatic carbocycles. The highest BCUT2D eigenvalue weighted by Crippen LogP contribution is 2.55. The number of amides is 4. The minimum atomic E-state index is -1.19. The van der Waals surface area contributed by atoms with Gasteiger partial charge in [0.05, 0.1) is 41.3 Å². The minimum absolute atomic E-state index is 0.100. The number of alkyl carbamates (subject to hydrolysis) is 1. The quantitative estimate of drug-likeness (QED) is 0.101. The molecule has 5 fully saturated rings. The minimum Gasteiger partial charge on any atom is -0.465 e. The molecule has 5 aliphatic rings. The van der Waals surface area contributed by atoms with Crippen molar-refractivity contribution in [3.63, 3.8) is 0 Å². The van der Waals surface area contributed by atoms with Gasteiger partial charge in [0.1, 0.15) is 23.7 Å². The second-order valence-electron chi connectivity index (χ2n) is 18.6. The van der Waals surface area contributed by atoms with Gasteiger partial charge in [-0.05, 0) is 109 Å². The summed E-state index contributed by atoms with van der Waals surface area (Å²) in [7, 11) is 1.30. The van der Waals surface area contributed by atoms with Gasteiger partial charge in [0.15, 0.2) is 0 Å². The Bertz CT molecular complexity index is 2960. The van der Waals surface area contributed by atoms with Crippen LogP contribution in [0.1, 0.15) is 87.2 Å². The number of likely N-dealkylation sites (tertiary alicyclic amines) is 2. The van der Waals surface area contributed by atoms with Gasteiger partial charge in [-0.1, -0.05) is 50.0 Å². The first-order valence-corrected chi connectivity index (χ1v) is 22.5. The van der Waals surface area contributed by atoms with Crippen LogP contribution in [-0.4, -0.2) is 103 Å². The highest BCUT2D eigenvalue weighted by Gasteiger charge is 2.57. The second kappa shape index (κ2) is 15.5. The topological polar surface area (TPSA) is 195 Å². The van der Waals surface area contributed by atoms with E-state index in [9.17, 15) is 24.3 Å². The number of fused-ring (bicyclic) bond motifs is 8. The highest BCUT2D eigenvalue weighted by atomic mass is 16.5. The Kier molecular flexibility index (Phi) is 9.75. The lowest BCUT2D eigenvalue weighted by molar-refractivity contribution is -0.138. The zero-order chi connectivity index (χ0) is 44.0. The Morgan fingerprint density at radius 3 is 1.78 bits per heavy atom. The van der Waals surface area contributed by atoms with Crippen molar-refractivity contribution >= 4 is 67.6 Å². The molecule has 328 valence electrons. The van der Waals surface area contributed by atoms with Gasteiger partial charge in [-0.3, -0.25) is 9.59 Å². The summed E-state index contributed by atoms with van der Waals surface area (Å²) in [6.45, 7) is 4.88. The molecule has 8 atom stereocenters. The van der Waals surface area contributed by atoms with Gasteiger partial charge < -0.3 is 45.0 Å². The van der Waals surface area contributed by atoms with Crippen LogP contribution in [0.15, 0.2) is 60.7 Å². The van der Waals surface area contributed by atoms with Crippen LogP contribution in [0.2, 0.25) is 0 Å². The van der Waals surface area contributed by atoms with Crippen LogP contribution in [0.4, 0.5) is 9.59 Å². The Morgan fingerprint density at radius 1 is 0.750 bits per heavy atom. The molecule has 2 aromatic heterocycles. The van der Waals surface area contributed by atoms with E-state index in [4.69, 9.17) is 19.4 Å². The smallest absolute Gasteiger partial charge is 0.407 e. The molecule has 64 heavy (non-hydrogen) atoms. The molecule has 2 saturated carbocycles. The van der Waals surface area contributed by atoms with Crippen LogP contribution in [0.25, 0.3) is 43.6 Å². The predicted molar refractivity (Wildman–Crippen MR) is 238 cm³/mol. The second-order valence-corrected chi connectivity index (χ2v) is 18.6. The summed E-state index contributed by atoms with van der Waals surface area (Å²) in [5.74, 6) is 8.53. The zero-order valence-electron chi connectivity index (χ0n) is 35.9. The number of carboxylic acid groups (broad SMARTS) is 1. The molecule has 15 heteroatoms. The van der Waals surface area contributed by atoms with Gasteiger partial charge in [-0.2, -0.15) is 0 Å². The molecule has 0 unspecified atom stereocenters. The number of nitrogens with one attached hydrogen (secondary N) is 4. The van der Waals surface area contributed by atoms with Crippen LogP contribution in [0, 0.1) is 35.5 Å². The van der Waals surface area contributed by atoms with Gasteiger partial charge >= 0.3 is 12.2 Å². The van der Waals surface area contributed by atoms with Gasteiger partial charge in [0, 0.05) is 47.2 Å². The molecule has 3 aliphatic heterocycles. The Morgan fingerprint density at radius 2 is 1.28 bits per heavy atom. The monoisotopic (exact) mass is 862 g/mol. The molecule has 0 radical (unpaired) electrons. The SMILES string of the molecule is COC(=O)N[C@H](C(=O)N1[C@@H]2C[C@@H]2C[C@H]1c1nc2ccc3cc(C#Cc4ccc5c(ccc6nc([C@@H]7C[C@H]8C[C@H]8N7C(=O)[C@@H](NC(=O)O)C7CCOCC7)[nH]c65)c4)ccc3c2[nH]1)C(C)C. The molecular weight excluding hydrogens is 813 g/mol. The number of methoxy groups -OCH3 is 1. The molecule has 3 saturated heterocycles. The number of aromatic amines is 2. The number of rotatable bonds is 8. The van der Waals surface area contributed by atoms with E-state index in [0.717, 1.165) is 92.1 Å². The number of aromatic nitrogens is 4. The summed E-state index contributed by atoms with van der Waals surface area (Å²) in [6.07, 6.45) is 2.99. The Balaban J connectivity index is 0.826. The molecule has 5 heterocycles. The number of nitrogens with zero attached hydrogens (tertiary/aromatic N) is 4. The van der Waals surface area contributed by atoms with Crippen molar-refractivity contribution in [2.75, 3.05) is 20.3 Å². The maximum Gasteiger partial charge on any atom is 0.407 e. The van der Waals surface area contributed by atoms with E-state index in [1.807, 2.05) is 54.0 Å². The fraction of sp³-hybridized carbons (Fsp3) is 0.429. The first-order valence-electron chi connectivity index (χ1n) is 22.5. The van der Waals surface area contributed by atoms with Crippen LogP contribution in [0.5, 0.6) is 0 Å². The number of carbonyl (C=O) groups excluding carboxylic acids is 3. The zero-order valence-corrected chi connectivity index (χ0v) is 35.9. The molecule has 4 amide bonds. The van der Waals surface area contributed by atoms with Crippen molar-refractivity contribution in [3.05, 3.63) is 83.4 Å². The van der Waals surface area contributed by atoms with Gasteiger partial charge in [-0.15, -0.1) is 0 Å². The first-order chi connectivity index (χ1) is 31.0. The number of imidazole rings is 2. The third-order valence-electron chi connectivity index (χ3n) is 14.4. The summed E-state index contributed by atoms with van der Waals surface area (Å²) < 4.78 is 10.3. The Labute approximate surface area is 368 Å². The molecule has 6 aromatic rings. The molecule has 5 N–H and O–H groups in total.